The second-order valence-electron chi connectivity index (χ2n) is 4.37. The molecule has 88 valence electrons. The molecule has 15 heavy (non-hydrogen) atoms. The van der Waals surface area contributed by atoms with Gasteiger partial charge < -0.3 is 14.7 Å². The van der Waals surface area contributed by atoms with Crippen LogP contribution in [0.2, 0.25) is 0 Å². The minimum absolute atomic E-state index is 0.0887. The first-order chi connectivity index (χ1) is 7.15. The lowest BCUT2D eigenvalue weighted by Crippen LogP contribution is -2.40. The third-order valence-corrected chi connectivity index (χ3v) is 3.06. The summed E-state index contributed by atoms with van der Waals surface area (Å²) < 4.78 is 4.88. The molecule has 1 aliphatic rings. The van der Waals surface area contributed by atoms with Crippen molar-refractivity contribution in [1.29, 1.82) is 0 Å². The summed E-state index contributed by atoms with van der Waals surface area (Å²) in [7, 11) is 1.78. The van der Waals surface area contributed by atoms with Gasteiger partial charge in [0.05, 0.1) is 6.61 Å². The molecule has 1 aliphatic carbocycles. The Hall–Kier alpha value is -0.770. The predicted octanol–water partition coefficient (Wildman–Crippen LogP) is 1.63. The second kappa shape index (κ2) is 5.95. The first-order valence-electron chi connectivity index (χ1n) is 5.65. The van der Waals surface area contributed by atoms with E-state index in [9.17, 15) is 4.79 Å². The lowest BCUT2D eigenvalue weighted by molar-refractivity contribution is 0.0699. The predicted molar refractivity (Wildman–Crippen MR) is 57.6 cm³/mol. The lowest BCUT2D eigenvalue weighted by Gasteiger charge is -2.33. The van der Waals surface area contributed by atoms with E-state index < -0.39 is 0 Å². The molecule has 0 aromatic carbocycles. The van der Waals surface area contributed by atoms with E-state index in [0.29, 0.717) is 12.0 Å². The number of hydrogen-bond donors (Lipinski definition) is 1. The van der Waals surface area contributed by atoms with Gasteiger partial charge in [-0.3, -0.25) is 0 Å². The Morgan fingerprint density at radius 3 is 2.87 bits per heavy atom. The number of carbonyl (C=O) groups is 1. The third kappa shape index (κ3) is 3.70. The summed E-state index contributed by atoms with van der Waals surface area (Å²) >= 11 is 0. The van der Waals surface area contributed by atoms with Crippen LogP contribution in [0.3, 0.4) is 0 Å². The van der Waals surface area contributed by atoms with Gasteiger partial charge in [-0.1, -0.05) is 19.8 Å². The summed E-state index contributed by atoms with van der Waals surface area (Å²) in [5.74, 6) is 0.692. The molecular weight excluding hydrogens is 194 g/mol. The van der Waals surface area contributed by atoms with Crippen LogP contribution >= 0.6 is 0 Å². The minimum Gasteiger partial charge on any atom is -0.447 e. The highest BCUT2D eigenvalue weighted by Crippen LogP contribution is 2.26. The molecule has 0 spiro atoms. The van der Waals surface area contributed by atoms with Crippen molar-refractivity contribution in [3.8, 4) is 0 Å². The average Bonchev–Trinajstić information content (AvgIpc) is 2.24. The number of amides is 1. The molecule has 2 atom stereocenters. The molecular formula is C11H21NO3. The molecule has 0 aliphatic heterocycles. The van der Waals surface area contributed by atoms with Crippen LogP contribution in [0.5, 0.6) is 0 Å². The summed E-state index contributed by atoms with van der Waals surface area (Å²) in [4.78, 5) is 13.2. The maximum Gasteiger partial charge on any atom is 0.409 e. The van der Waals surface area contributed by atoms with Crippen molar-refractivity contribution in [1.82, 2.24) is 4.90 Å². The Labute approximate surface area is 91.2 Å². The summed E-state index contributed by atoms with van der Waals surface area (Å²) in [5, 5.41) is 8.55. The van der Waals surface area contributed by atoms with Crippen molar-refractivity contribution in [3.05, 3.63) is 0 Å². The van der Waals surface area contributed by atoms with E-state index in [2.05, 4.69) is 6.92 Å². The topological polar surface area (TPSA) is 49.8 Å². The number of rotatable bonds is 3. The number of aliphatic hydroxyl groups excluding tert-OH is 1. The van der Waals surface area contributed by atoms with Crippen molar-refractivity contribution in [2.75, 3.05) is 20.3 Å². The first-order valence-corrected chi connectivity index (χ1v) is 5.65. The van der Waals surface area contributed by atoms with Crippen LogP contribution in [0, 0.1) is 5.92 Å². The summed E-state index contributed by atoms with van der Waals surface area (Å²) in [6, 6.07) is 0.306. The smallest absolute Gasteiger partial charge is 0.409 e. The van der Waals surface area contributed by atoms with Gasteiger partial charge in [0.25, 0.3) is 0 Å². The molecule has 0 saturated heterocycles. The zero-order valence-corrected chi connectivity index (χ0v) is 9.61. The fourth-order valence-corrected chi connectivity index (χ4v) is 2.14. The van der Waals surface area contributed by atoms with Gasteiger partial charge in [0.15, 0.2) is 0 Å². The van der Waals surface area contributed by atoms with Crippen LogP contribution in [0.25, 0.3) is 0 Å². The largest absolute Gasteiger partial charge is 0.447 e. The highest BCUT2D eigenvalue weighted by atomic mass is 16.6. The maximum atomic E-state index is 11.5. The van der Waals surface area contributed by atoms with Crippen molar-refractivity contribution in [2.45, 2.75) is 38.6 Å². The van der Waals surface area contributed by atoms with Gasteiger partial charge in [-0.25, -0.2) is 4.79 Å². The van der Waals surface area contributed by atoms with E-state index >= 15 is 0 Å². The Morgan fingerprint density at radius 1 is 1.53 bits per heavy atom. The van der Waals surface area contributed by atoms with Crippen LogP contribution < -0.4 is 0 Å². The Kier molecular flexibility index (Phi) is 4.88. The minimum atomic E-state index is -0.317. The van der Waals surface area contributed by atoms with Crippen molar-refractivity contribution < 1.29 is 14.6 Å². The fourth-order valence-electron chi connectivity index (χ4n) is 2.14. The molecule has 0 radical (unpaired) electrons. The summed E-state index contributed by atoms with van der Waals surface area (Å²) in [5.41, 5.74) is 0. The van der Waals surface area contributed by atoms with Crippen molar-refractivity contribution in [2.24, 2.45) is 5.92 Å². The molecule has 1 amide bonds. The molecule has 2 unspecified atom stereocenters. The van der Waals surface area contributed by atoms with E-state index in [-0.39, 0.29) is 19.3 Å². The van der Waals surface area contributed by atoms with E-state index in [1.54, 1.807) is 11.9 Å². The SMILES string of the molecule is CC1CCCC(N(C)C(=O)OCCO)C1. The fraction of sp³-hybridized carbons (Fsp3) is 0.909. The Bertz CT molecular complexity index is 208. The van der Waals surface area contributed by atoms with Crippen LogP contribution in [-0.4, -0.2) is 42.4 Å². The van der Waals surface area contributed by atoms with Gasteiger partial charge in [-0.05, 0) is 18.8 Å². The van der Waals surface area contributed by atoms with Crippen LogP contribution in [0.1, 0.15) is 32.6 Å². The quantitative estimate of drug-likeness (QED) is 0.778. The van der Waals surface area contributed by atoms with Gasteiger partial charge >= 0.3 is 6.09 Å². The van der Waals surface area contributed by atoms with E-state index in [1.807, 2.05) is 0 Å². The maximum absolute atomic E-state index is 11.5. The highest BCUT2D eigenvalue weighted by molar-refractivity contribution is 5.67. The van der Waals surface area contributed by atoms with Crippen molar-refractivity contribution >= 4 is 6.09 Å². The zero-order valence-electron chi connectivity index (χ0n) is 9.61. The molecule has 4 nitrogen and oxygen atoms in total. The number of ether oxygens (including phenoxy) is 1. The number of aliphatic hydroxyl groups is 1. The molecule has 1 N–H and O–H groups in total. The third-order valence-electron chi connectivity index (χ3n) is 3.06. The standard InChI is InChI=1S/C11H21NO3/c1-9-4-3-5-10(8-9)12(2)11(14)15-7-6-13/h9-10,13H,3-8H2,1-2H3. The van der Waals surface area contributed by atoms with E-state index in [4.69, 9.17) is 9.84 Å². The number of hydrogen-bond acceptors (Lipinski definition) is 3. The van der Waals surface area contributed by atoms with Crippen LogP contribution in [0.4, 0.5) is 4.79 Å². The number of nitrogens with zero attached hydrogens (tertiary/aromatic N) is 1. The monoisotopic (exact) mass is 215 g/mol. The Balaban J connectivity index is 2.37. The molecule has 0 aromatic rings. The summed E-state index contributed by atoms with van der Waals surface area (Å²) in [6.07, 6.45) is 4.25. The molecule has 0 heterocycles. The number of carbonyl (C=O) groups excluding carboxylic acids is 1. The first kappa shape index (κ1) is 12.3. The average molecular weight is 215 g/mol. The molecule has 1 saturated carbocycles. The highest BCUT2D eigenvalue weighted by Gasteiger charge is 2.25. The second-order valence-corrected chi connectivity index (χ2v) is 4.37. The molecule has 0 bridgehead atoms. The van der Waals surface area contributed by atoms with E-state index in [1.165, 1.54) is 12.8 Å². The van der Waals surface area contributed by atoms with Crippen LogP contribution in [0.15, 0.2) is 0 Å². The summed E-state index contributed by atoms with van der Waals surface area (Å²) in [6.45, 7) is 2.20. The normalized spacial score (nSPS) is 26.1. The van der Waals surface area contributed by atoms with Gasteiger partial charge in [0.1, 0.15) is 6.61 Å². The molecule has 1 rings (SSSR count). The molecule has 4 heteroatoms. The van der Waals surface area contributed by atoms with Gasteiger partial charge in [0.2, 0.25) is 0 Å². The van der Waals surface area contributed by atoms with Crippen molar-refractivity contribution in [3.63, 3.8) is 0 Å². The van der Waals surface area contributed by atoms with E-state index in [0.717, 1.165) is 12.8 Å². The van der Waals surface area contributed by atoms with Gasteiger partial charge in [0, 0.05) is 13.1 Å². The zero-order chi connectivity index (χ0) is 11.3. The lowest BCUT2D eigenvalue weighted by atomic mass is 9.86. The molecule has 0 aromatic heterocycles. The molecule has 1 fully saturated rings. The van der Waals surface area contributed by atoms with Gasteiger partial charge in [-0.2, -0.15) is 0 Å². The van der Waals surface area contributed by atoms with Gasteiger partial charge in [-0.15, -0.1) is 0 Å². The van der Waals surface area contributed by atoms with Crippen LogP contribution in [-0.2, 0) is 4.74 Å². The Morgan fingerprint density at radius 2 is 2.27 bits per heavy atom.